The SMILES string of the molecule is CCc1ccc(-c2nc3ccc(C)cn3c2N=Nc2ccccc2)cc1. The summed E-state index contributed by atoms with van der Waals surface area (Å²) < 4.78 is 2.00. The Kier molecular flexibility index (Phi) is 4.32. The number of aryl methyl sites for hydroxylation is 2. The number of benzene rings is 2. The van der Waals surface area contributed by atoms with E-state index in [9.17, 15) is 0 Å². The minimum Gasteiger partial charge on any atom is -0.282 e. The second kappa shape index (κ2) is 6.92. The van der Waals surface area contributed by atoms with Gasteiger partial charge in [0.05, 0.1) is 5.69 Å². The van der Waals surface area contributed by atoms with Crippen molar-refractivity contribution in [1.29, 1.82) is 0 Å². The van der Waals surface area contributed by atoms with Gasteiger partial charge >= 0.3 is 0 Å². The van der Waals surface area contributed by atoms with Crippen molar-refractivity contribution < 1.29 is 0 Å². The first-order chi connectivity index (χ1) is 12.7. The summed E-state index contributed by atoms with van der Waals surface area (Å²) >= 11 is 0. The van der Waals surface area contributed by atoms with Crippen LogP contribution >= 0.6 is 0 Å². The molecule has 0 saturated carbocycles. The maximum atomic E-state index is 4.80. The van der Waals surface area contributed by atoms with E-state index in [4.69, 9.17) is 4.98 Å². The molecule has 0 N–H and O–H groups in total. The summed E-state index contributed by atoms with van der Waals surface area (Å²) in [6, 6.07) is 22.3. The van der Waals surface area contributed by atoms with Gasteiger partial charge in [-0.25, -0.2) is 4.98 Å². The van der Waals surface area contributed by atoms with Crippen LogP contribution in [0.4, 0.5) is 11.5 Å². The minimum atomic E-state index is 0.747. The summed E-state index contributed by atoms with van der Waals surface area (Å²) in [5.41, 5.74) is 6.04. The molecule has 4 heteroatoms. The predicted octanol–water partition coefficient (Wildman–Crippen LogP) is 6.29. The number of aromatic nitrogens is 2. The summed E-state index contributed by atoms with van der Waals surface area (Å²) in [5, 5.41) is 8.96. The minimum absolute atomic E-state index is 0.747. The van der Waals surface area contributed by atoms with Crippen LogP contribution < -0.4 is 0 Å². The van der Waals surface area contributed by atoms with Crippen LogP contribution in [-0.2, 0) is 6.42 Å². The monoisotopic (exact) mass is 340 g/mol. The number of rotatable bonds is 4. The molecule has 4 nitrogen and oxygen atoms in total. The molecular weight excluding hydrogens is 320 g/mol. The van der Waals surface area contributed by atoms with Gasteiger partial charge < -0.3 is 0 Å². The predicted molar refractivity (Wildman–Crippen MR) is 105 cm³/mol. The lowest BCUT2D eigenvalue weighted by Crippen LogP contribution is -1.85. The van der Waals surface area contributed by atoms with Crippen LogP contribution in [0.3, 0.4) is 0 Å². The summed E-state index contributed by atoms with van der Waals surface area (Å²) in [6.07, 6.45) is 3.07. The molecule has 2 heterocycles. The number of imidazole rings is 1. The Labute approximate surface area is 152 Å². The van der Waals surface area contributed by atoms with E-state index in [-0.39, 0.29) is 0 Å². The Balaban J connectivity index is 1.87. The Morgan fingerprint density at radius 1 is 0.885 bits per heavy atom. The van der Waals surface area contributed by atoms with Crippen molar-refractivity contribution in [2.45, 2.75) is 20.3 Å². The van der Waals surface area contributed by atoms with Crippen molar-refractivity contribution in [2.24, 2.45) is 10.2 Å². The molecule has 0 saturated heterocycles. The quantitative estimate of drug-likeness (QED) is 0.403. The molecule has 4 aromatic rings. The summed E-state index contributed by atoms with van der Waals surface area (Å²) in [7, 11) is 0. The van der Waals surface area contributed by atoms with E-state index in [2.05, 4.69) is 54.4 Å². The van der Waals surface area contributed by atoms with Crippen molar-refractivity contribution in [3.05, 3.63) is 84.1 Å². The van der Waals surface area contributed by atoms with Gasteiger partial charge in [-0.15, -0.1) is 10.2 Å². The van der Waals surface area contributed by atoms with Crippen LogP contribution in [0.5, 0.6) is 0 Å². The van der Waals surface area contributed by atoms with E-state index in [1.807, 2.05) is 47.0 Å². The number of hydrogen-bond acceptors (Lipinski definition) is 3. The smallest absolute Gasteiger partial charge is 0.187 e. The third-order valence-electron chi connectivity index (χ3n) is 4.39. The molecule has 26 heavy (non-hydrogen) atoms. The van der Waals surface area contributed by atoms with Gasteiger partial charge in [0.25, 0.3) is 0 Å². The van der Waals surface area contributed by atoms with Crippen molar-refractivity contribution >= 4 is 17.2 Å². The van der Waals surface area contributed by atoms with Crippen LogP contribution in [0.2, 0.25) is 0 Å². The molecule has 2 aromatic carbocycles. The molecule has 0 aliphatic heterocycles. The highest BCUT2D eigenvalue weighted by Crippen LogP contribution is 2.32. The largest absolute Gasteiger partial charge is 0.282 e. The first kappa shape index (κ1) is 16.2. The van der Waals surface area contributed by atoms with Crippen LogP contribution in [-0.4, -0.2) is 9.38 Å². The maximum Gasteiger partial charge on any atom is 0.187 e. The fourth-order valence-corrected chi connectivity index (χ4v) is 2.93. The van der Waals surface area contributed by atoms with E-state index in [1.54, 1.807) is 0 Å². The highest BCUT2D eigenvalue weighted by molar-refractivity contribution is 5.74. The molecule has 0 radical (unpaired) electrons. The van der Waals surface area contributed by atoms with Gasteiger partial charge in [-0.3, -0.25) is 4.40 Å². The summed E-state index contributed by atoms with van der Waals surface area (Å²) in [6.45, 7) is 4.22. The van der Waals surface area contributed by atoms with Crippen molar-refractivity contribution in [1.82, 2.24) is 9.38 Å². The highest BCUT2D eigenvalue weighted by Gasteiger charge is 2.14. The lowest BCUT2D eigenvalue weighted by molar-refractivity contribution is 1.09. The standard InChI is InChI=1S/C22H20N4/c1-3-17-10-12-18(13-11-17)21-22(25-24-19-7-5-4-6-8-19)26-15-16(2)9-14-20(26)23-21/h4-15H,3H2,1-2H3. The second-order valence-corrected chi connectivity index (χ2v) is 6.30. The van der Waals surface area contributed by atoms with Crippen molar-refractivity contribution in [3.63, 3.8) is 0 Å². The van der Waals surface area contributed by atoms with E-state index in [1.165, 1.54) is 5.56 Å². The third-order valence-corrected chi connectivity index (χ3v) is 4.39. The van der Waals surface area contributed by atoms with Gasteiger partial charge in [0.2, 0.25) is 0 Å². The lowest BCUT2D eigenvalue weighted by atomic mass is 10.1. The zero-order chi connectivity index (χ0) is 17.9. The molecular formula is C22H20N4. The molecule has 2 aromatic heterocycles. The molecule has 0 atom stereocenters. The molecule has 128 valence electrons. The topological polar surface area (TPSA) is 42.0 Å². The Morgan fingerprint density at radius 2 is 1.65 bits per heavy atom. The second-order valence-electron chi connectivity index (χ2n) is 6.30. The van der Waals surface area contributed by atoms with E-state index >= 15 is 0 Å². The average molecular weight is 340 g/mol. The van der Waals surface area contributed by atoms with Crippen LogP contribution in [0.25, 0.3) is 16.9 Å². The van der Waals surface area contributed by atoms with Crippen LogP contribution in [0.15, 0.2) is 83.2 Å². The molecule has 0 amide bonds. The Hall–Kier alpha value is -3.27. The number of azo groups is 1. The zero-order valence-electron chi connectivity index (χ0n) is 14.9. The number of hydrogen-bond donors (Lipinski definition) is 0. The summed E-state index contributed by atoms with van der Waals surface area (Å²) in [5.74, 6) is 0.747. The Morgan fingerprint density at radius 3 is 2.38 bits per heavy atom. The fourth-order valence-electron chi connectivity index (χ4n) is 2.93. The van der Waals surface area contributed by atoms with Gasteiger partial charge in [-0.2, -0.15) is 0 Å². The lowest BCUT2D eigenvalue weighted by Gasteiger charge is -2.02. The molecule has 0 aliphatic carbocycles. The average Bonchev–Trinajstić information content (AvgIpc) is 3.05. The molecule has 0 fully saturated rings. The van der Waals surface area contributed by atoms with Crippen molar-refractivity contribution in [2.75, 3.05) is 0 Å². The first-order valence-corrected chi connectivity index (χ1v) is 8.79. The van der Waals surface area contributed by atoms with E-state index in [0.717, 1.165) is 40.4 Å². The summed E-state index contributed by atoms with van der Waals surface area (Å²) in [4.78, 5) is 4.80. The van der Waals surface area contributed by atoms with E-state index in [0.29, 0.717) is 0 Å². The number of pyridine rings is 1. The number of nitrogens with zero attached hydrogens (tertiary/aromatic N) is 4. The number of fused-ring (bicyclic) bond motifs is 1. The maximum absolute atomic E-state index is 4.80. The van der Waals surface area contributed by atoms with Crippen LogP contribution in [0.1, 0.15) is 18.1 Å². The first-order valence-electron chi connectivity index (χ1n) is 8.79. The fraction of sp³-hybridized carbons (Fsp3) is 0.136. The normalized spacial score (nSPS) is 11.5. The van der Waals surface area contributed by atoms with Gasteiger partial charge in [-0.05, 0) is 42.7 Å². The van der Waals surface area contributed by atoms with Gasteiger partial charge in [0.15, 0.2) is 5.82 Å². The van der Waals surface area contributed by atoms with Gasteiger partial charge in [0.1, 0.15) is 11.3 Å². The van der Waals surface area contributed by atoms with Crippen molar-refractivity contribution in [3.8, 4) is 11.3 Å². The molecule has 0 spiro atoms. The molecule has 4 rings (SSSR count). The molecule has 0 bridgehead atoms. The highest BCUT2D eigenvalue weighted by atomic mass is 15.2. The zero-order valence-corrected chi connectivity index (χ0v) is 14.9. The van der Waals surface area contributed by atoms with E-state index < -0.39 is 0 Å². The van der Waals surface area contributed by atoms with Gasteiger partial charge in [-0.1, -0.05) is 55.5 Å². The molecule has 0 unspecified atom stereocenters. The third kappa shape index (κ3) is 3.14. The van der Waals surface area contributed by atoms with Gasteiger partial charge in [0, 0.05) is 11.8 Å². The Bertz CT molecular complexity index is 1060. The van der Waals surface area contributed by atoms with Crippen LogP contribution in [0, 0.1) is 6.92 Å². The molecule has 0 aliphatic rings.